The molecule has 3 aliphatic rings. The van der Waals surface area contributed by atoms with E-state index in [2.05, 4.69) is 0 Å². The van der Waals surface area contributed by atoms with E-state index in [-0.39, 0.29) is 17.2 Å². The van der Waals surface area contributed by atoms with Crippen molar-refractivity contribution in [1.82, 2.24) is 0 Å². The molecular formula is C16H29NO3. The van der Waals surface area contributed by atoms with Gasteiger partial charge < -0.3 is 19.9 Å². The fraction of sp³-hybridized carbons (Fsp3) is 1.00. The van der Waals surface area contributed by atoms with Gasteiger partial charge in [0.2, 0.25) is 0 Å². The average molecular weight is 283 g/mol. The molecule has 0 aromatic heterocycles. The Labute approximate surface area is 122 Å². The van der Waals surface area contributed by atoms with Crippen molar-refractivity contribution in [2.45, 2.75) is 68.6 Å². The minimum atomic E-state index is -0.0750. The van der Waals surface area contributed by atoms with Crippen molar-refractivity contribution in [2.24, 2.45) is 11.7 Å². The molecule has 2 unspecified atom stereocenters. The van der Waals surface area contributed by atoms with Crippen molar-refractivity contribution in [3.05, 3.63) is 0 Å². The van der Waals surface area contributed by atoms with Crippen LogP contribution in [0.5, 0.6) is 0 Å². The summed E-state index contributed by atoms with van der Waals surface area (Å²) in [6.07, 6.45) is 8.97. The molecule has 3 fully saturated rings. The van der Waals surface area contributed by atoms with Gasteiger partial charge in [0, 0.05) is 33.0 Å². The topological polar surface area (TPSA) is 53.7 Å². The monoisotopic (exact) mass is 283 g/mol. The molecule has 2 atom stereocenters. The van der Waals surface area contributed by atoms with E-state index < -0.39 is 0 Å². The predicted molar refractivity (Wildman–Crippen MR) is 77.6 cm³/mol. The Morgan fingerprint density at radius 3 is 2.45 bits per heavy atom. The van der Waals surface area contributed by atoms with Crippen LogP contribution in [0.1, 0.15) is 51.4 Å². The number of ether oxygens (including phenoxy) is 3. The van der Waals surface area contributed by atoms with E-state index in [0.717, 1.165) is 58.3 Å². The van der Waals surface area contributed by atoms with Gasteiger partial charge in [-0.15, -0.1) is 0 Å². The predicted octanol–water partition coefficient (Wildman–Crippen LogP) is 2.25. The van der Waals surface area contributed by atoms with E-state index in [1.165, 1.54) is 12.8 Å². The second kappa shape index (κ2) is 5.91. The van der Waals surface area contributed by atoms with Gasteiger partial charge in [0.15, 0.2) is 0 Å². The van der Waals surface area contributed by atoms with Crippen LogP contribution >= 0.6 is 0 Å². The second-order valence-electron chi connectivity index (χ2n) is 6.90. The third kappa shape index (κ3) is 2.63. The molecule has 3 rings (SSSR count). The first-order valence-electron chi connectivity index (χ1n) is 8.22. The zero-order chi connectivity index (χ0) is 14.1. The van der Waals surface area contributed by atoms with E-state index in [9.17, 15) is 0 Å². The van der Waals surface area contributed by atoms with Crippen LogP contribution in [0.25, 0.3) is 0 Å². The molecule has 1 saturated carbocycles. The third-order valence-electron chi connectivity index (χ3n) is 5.91. The SMILES string of the molecule is COC1(C(N)C2CCOC3(CCOCC3)C2)CCCC1. The lowest BCUT2D eigenvalue weighted by Gasteiger charge is -2.47. The van der Waals surface area contributed by atoms with Crippen LogP contribution in [-0.2, 0) is 14.2 Å². The summed E-state index contributed by atoms with van der Waals surface area (Å²) in [4.78, 5) is 0. The highest BCUT2D eigenvalue weighted by atomic mass is 16.5. The molecule has 20 heavy (non-hydrogen) atoms. The first-order valence-corrected chi connectivity index (χ1v) is 8.22. The van der Waals surface area contributed by atoms with Gasteiger partial charge in [-0.25, -0.2) is 0 Å². The Hall–Kier alpha value is -0.160. The number of hydrogen-bond donors (Lipinski definition) is 1. The Kier molecular flexibility index (Phi) is 4.37. The van der Waals surface area contributed by atoms with Crippen molar-refractivity contribution in [2.75, 3.05) is 26.9 Å². The van der Waals surface area contributed by atoms with Crippen LogP contribution in [0.4, 0.5) is 0 Å². The summed E-state index contributed by atoms with van der Waals surface area (Å²) in [5, 5.41) is 0. The van der Waals surface area contributed by atoms with Crippen molar-refractivity contribution in [3.63, 3.8) is 0 Å². The van der Waals surface area contributed by atoms with Crippen molar-refractivity contribution in [3.8, 4) is 0 Å². The number of hydrogen-bond acceptors (Lipinski definition) is 4. The van der Waals surface area contributed by atoms with Crippen molar-refractivity contribution < 1.29 is 14.2 Å². The first kappa shape index (κ1) is 14.8. The molecule has 2 saturated heterocycles. The maximum Gasteiger partial charge on any atom is 0.0831 e. The fourth-order valence-corrected chi connectivity index (χ4v) is 4.54. The van der Waals surface area contributed by atoms with Gasteiger partial charge in [-0.1, -0.05) is 12.8 Å². The highest BCUT2D eigenvalue weighted by Crippen LogP contribution is 2.44. The van der Waals surface area contributed by atoms with Crippen molar-refractivity contribution in [1.29, 1.82) is 0 Å². The maximum atomic E-state index is 6.68. The third-order valence-corrected chi connectivity index (χ3v) is 5.91. The van der Waals surface area contributed by atoms with E-state index in [0.29, 0.717) is 5.92 Å². The quantitative estimate of drug-likeness (QED) is 0.863. The Balaban J connectivity index is 1.69. The first-order chi connectivity index (χ1) is 9.70. The van der Waals surface area contributed by atoms with Gasteiger partial charge in [-0.3, -0.25) is 0 Å². The van der Waals surface area contributed by atoms with Crippen LogP contribution in [0.2, 0.25) is 0 Å². The molecule has 0 radical (unpaired) electrons. The molecule has 116 valence electrons. The van der Waals surface area contributed by atoms with E-state index in [4.69, 9.17) is 19.9 Å². The Morgan fingerprint density at radius 2 is 1.80 bits per heavy atom. The largest absolute Gasteiger partial charge is 0.381 e. The molecule has 4 heteroatoms. The average Bonchev–Trinajstić information content (AvgIpc) is 2.97. The van der Waals surface area contributed by atoms with Gasteiger partial charge in [0.25, 0.3) is 0 Å². The van der Waals surface area contributed by atoms with Crippen LogP contribution in [0.3, 0.4) is 0 Å². The summed E-state index contributed by atoms with van der Waals surface area (Å²) in [6, 6.07) is 0.151. The summed E-state index contributed by atoms with van der Waals surface area (Å²) < 4.78 is 17.5. The summed E-state index contributed by atoms with van der Waals surface area (Å²) in [7, 11) is 1.84. The summed E-state index contributed by atoms with van der Waals surface area (Å²) >= 11 is 0. The van der Waals surface area contributed by atoms with E-state index >= 15 is 0 Å². The molecule has 0 aromatic carbocycles. The minimum Gasteiger partial charge on any atom is -0.381 e. The molecule has 0 aromatic rings. The van der Waals surface area contributed by atoms with Gasteiger partial charge in [-0.2, -0.15) is 0 Å². The molecule has 4 nitrogen and oxygen atoms in total. The molecule has 0 amide bonds. The fourth-order valence-electron chi connectivity index (χ4n) is 4.54. The van der Waals surface area contributed by atoms with Gasteiger partial charge in [0.05, 0.1) is 11.2 Å². The van der Waals surface area contributed by atoms with Gasteiger partial charge >= 0.3 is 0 Å². The lowest BCUT2D eigenvalue weighted by Crippen LogP contribution is -2.56. The second-order valence-corrected chi connectivity index (χ2v) is 6.90. The van der Waals surface area contributed by atoms with Crippen LogP contribution in [0, 0.1) is 5.92 Å². The van der Waals surface area contributed by atoms with E-state index in [1.807, 2.05) is 7.11 Å². The highest BCUT2D eigenvalue weighted by Gasteiger charge is 2.47. The molecular weight excluding hydrogens is 254 g/mol. The molecule has 0 bridgehead atoms. The standard InChI is InChI=1S/C16H29NO3/c1-18-16(5-2-3-6-16)14(17)13-4-9-20-15(12-13)7-10-19-11-8-15/h13-14H,2-12,17H2,1H3. The summed E-state index contributed by atoms with van der Waals surface area (Å²) in [6.45, 7) is 2.51. The number of rotatable bonds is 3. The molecule has 1 aliphatic carbocycles. The van der Waals surface area contributed by atoms with Crippen molar-refractivity contribution >= 4 is 0 Å². The number of methoxy groups -OCH3 is 1. The maximum absolute atomic E-state index is 6.68. The lowest BCUT2D eigenvalue weighted by molar-refractivity contribution is -0.158. The zero-order valence-corrected chi connectivity index (χ0v) is 12.7. The zero-order valence-electron chi connectivity index (χ0n) is 12.7. The molecule has 2 heterocycles. The van der Waals surface area contributed by atoms with E-state index in [1.54, 1.807) is 0 Å². The van der Waals surface area contributed by atoms with Crippen LogP contribution in [-0.4, -0.2) is 44.2 Å². The lowest BCUT2D eigenvalue weighted by atomic mass is 9.73. The Morgan fingerprint density at radius 1 is 1.10 bits per heavy atom. The Bertz CT molecular complexity index is 316. The van der Waals surface area contributed by atoms with Crippen LogP contribution < -0.4 is 5.73 Å². The molecule has 2 N–H and O–H groups in total. The van der Waals surface area contributed by atoms with Gasteiger partial charge in [-0.05, 0) is 44.4 Å². The highest BCUT2D eigenvalue weighted by molar-refractivity contribution is 5.01. The normalized spacial score (nSPS) is 34.2. The molecule has 1 spiro atoms. The smallest absolute Gasteiger partial charge is 0.0831 e. The van der Waals surface area contributed by atoms with Gasteiger partial charge in [0.1, 0.15) is 0 Å². The summed E-state index contributed by atoms with van der Waals surface area (Å²) in [5.74, 6) is 0.528. The van der Waals surface area contributed by atoms with Crippen LogP contribution in [0.15, 0.2) is 0 Å². The molecule has 2 aliphatic heterocycles. The number of nitrogens with two attached hydrogens (primary N) is 1. The summed E-state index contributed by atoms with van der Waals surface area (Å²) in [5.41, 5.74) is 6.64. The minimum absolute atomic E-state index is 0.0340.